The molecule has 0 saturated carbocycles. The molecule has 6 nitrogen and oxygen atoms in total. The number of amides is 1. The van der Waals surface area contributed by atoms with Crippen molar-refractivity contribution in [1.82, 2.24) is 9.97 Å². The number of hydrogen-bond donors (Lipinski definition) is 1. The minimum atomic E-state index is -0.269. The van der Waals surface area contributed by atoms with Crippen LogP contribution in [0, 0.1) is 0 Å². The van der Waals surface area contributed by atoms with E-state index in [4.69, 9.17) is 14.5 Å². The van der Waals surface area contributed by atoms with Gasteiger partial charge < -0.3 is 14.8 Å². The normalized spacial score (nSPS) is 10.4. The molecule has 7 heteroatoms. The Bertz CT molecular complexity index is 1210. The molecule has 4 rings (SSSR count). The molecular weight excluding hydrogens is 422 g/mol. The number of hydrogen-bond acceptors (Lipinski definition) is 6. The average molecular weight is 444 g/mol. The van der Waals surface area contributed by atoms with Crippen LogP contribution in [0.3, 0.4) is 0 Å². The van der Waals surface area contributed by atoms with E-state index in [-0.39, 0.29) is 12.5 Å². The Labute approximate surface area is 190 Å². The third-order valence-corrected chi connectivity index (χ3v) is 5.31. The Kier molecular flexibility index (Phi) is 6.89. The fraction of sp³-hybridized carbons (Fsp3) is 0.0800. The molecule has 0 unspecified atom stereocenters. The second-order valence-corrected chi connectivity index (χ2v) is 7.60. The fourth-order valence-electron chi connectivity index (χ4n) is 2.96. The highest BCUT2D eigenvalue weighted by molar-refractivity contribution is 7.13. The first-order valence-corrected chi connectivity index (χ1v) is 10.8. The van der Waals surface area contributed by atoms with Gasteiger partial charge in [-0.25, -0.2) is 4.98 Å². The van der Waals surface area contributed by atoms with Gasteiger partial charge in [-0.2, -0.15) is 0 Å². The predicted octanol–water partition coefficient (Wildman–Crippen LogP) is 5.45. The monoisotopic (exact) mass is 443 g/mol. The highest BCUT2D eigenvalue weighted by Crippen LogP contribution is 2.30. The summed E-state index contributed by atoms with van der Waals surface area (Å²) in [5.41, 5.74) is 3.40. The van der Waals surface area contributed by atoms with E-state index in [0.717, 1.165) is 21.8 Å². The summed E-state index contributed by atoms with van der Waals surface area (Å²) in [6, 6.07) is 18.6. The highest BCUT2D eigenvalue weighted by Gasteiger charge is 2.10. The number of anilines is 1. The van der Waals surface area contributed by atoms with Crippen molar-refractivity contribution in [2.75, 3.05) is 18.5 Å². The standard InChI is InChI=1S/C25H21N3O3S/c1-2-13-30-22-10-3-4-11-23(22)31-16-24(29)27-20-9-5-7-18(14-20)21-17-32-25(28-21)19-8-6-12-26-15-19/h2-12,14-15,17H,1,13,16H2,(H,27,29). The first-order valence-electron chi connectivity index (χ1n) is 9.94. The Morgan fingerprint density at radius 1 is 1.03 bits per heavy atom. The van der Waals surface area contributed by atoms with Crippen LogP contribution in [-0.2, 0) is 4.79 Å². The summed E-state index contributed by atoms with van der Waals surface area (Å²) in [6.07, 6.45) is 5.18. The molecule has 1 amide bonds. The zero-order chi connectivity index (χ0) is 22.2. The van der Waals surface area contributed by atoms with E-state index in [1.54, 1.807) is 41.9 Å². The molecule has 2 aromatic carbocycles. The van der Waals surface area contributed by atoms with E-state index in [2.05, 4.69) is 16.9 Å². The zero-order valence-electron chi connectivity index (χ0n) is 17.2. The number of nitrogens with one attached hydrogen (secondary N) is 1. The lowest BCUT2D eigenvalue weighted by molar-refractivity contribution is -0.118. The van der Waals surface area contributed by atoms with Gasteiger partial charge in [0.05, 0.1) is 5.69 Å². The maximum Gasteiger partial charge on any atom is 0.262 e. The third-order valence-electron chi connectivity index (χ3n) is 4.42. The van der Waals surface area contributed by atoms with Crippen LogP contribution in [-0.4, -0.2) is 29.1 Å². The maximum absolute atomic E-state index is 12.4. The summed E-state index contributed by atoms with van der Waals surface area (Å²) in [5.74, 6) is 0.800. The van der Waals surface area contributed by atoms with Crippen LogP contribution < -0.4 is 14.8 Å². The molecule has 32 heavy (non-hydrogen) atoms. The van der Waals surface area contributed by atoms with Crippen LogP contribution in [0.4, 0.5) is 5.69 Å². The Morgan fingerprint density at radius 2 is 1.84 bits per heavy atom. The SMILES string of the molecule is C=CCOc1ccccc1OCC(=O)Nc1cccc(-c2csc(-c3cccnc3)n2)c1. The molecule has 0 bridgehead atoms. The number of thiazole rings is 1. The van der Waals surface area contributed by atoms with Crippen molar-refractivity contribution in [3.8, 4) is 33.3 Å². The molecule has 0 aliphatic heterocycles. The van der Waals surface area contributed by atoms with Crippen LogP contribution in [0.1, 0.15) is 0 Å². The number of pyridine rings is 1. The second kappa shape index (κ2) is 10.4. The van der Waals surface area contributed by atoms with Gasteiger partial charge in [0.2, 0.25) is 0 Å². The number of nitrogens with zero attached hydrogens (tertiary/aromatic N) is 2. The van der Waals surface area contributed by atoms with Gasteiger partial charge in [-0.05, 0) is 36.4 Å². The van der Waals surface area contributed by atoms with Crippen molar-refractivity contribution in [3.63, 3.8) is 0 Å². The summed E-state index contributed by atoms with van der Waals surface area (Å²) >= 11 is 1.55. The van der Waals surface area contributed by atoms with E-state index in [0.29, 0.717) is 23.8 Å². The quantitative estimate of drug-likeness (QED) is 0.348. The largest absolute Gasteiger partial charge is 0.486 e. The minimum absolute atomic E-state index is 0.138. The minimum Gasteiger partial charge on any atom is -0.486 e. The molecule has 2 heterocycles. The fourth-order valence-corrected chi connectivity index (χ4v) is 3.78. The van der Waals surface area contributed by atoms with Gasteiger partial charge >= 0.3 is 0 Å². The van der Waals surface area contributed by atoms with Gasteiger partial charge in [-0.3, -0.25) is 9.78 Å². The lowest BCUT2D eigenvalue weighted by Gasteiger charge is -2.12. The van der Waals surface area contributed by atoms with E-state index in [1.165, 1.54) is 0 Å². The molecule has 0 radical (unpaired) electrons. The van der Waals surface area contributed by atoms with E-state index in [1.807, 2.05) is 53.9 Å². The van der Waals surface area contributed by atoms with Crippen molar-refractivity contribution in [2.45, 2.75) is 0 Å². The smallest absolute Gasteiger partial charge is 0.262 e. The van der Waals surface area contributed by atoms with Crippen LogP contribution in [0.2, 0.25) is 0 Å². The van der Waals surface area contributed by atoms with Crippen LogP contribution in [0.15, 0.2) is 91.1 Å². The van der Waals surface area contributed by atoms with Gasteiger partial charge in [0, 0.05) is 34.6 Å². The van der Waals surface area contributed by atoms with E-state index < -0.39 is 0 Å². The van der Waals surface area contributed by atoms with Crippen molar-refractivity contribution in [1.29, 1.82) is 0 Å². The average Bonchev–Trinajstić information content (AvgIpc) is 3.33. The number of benzene rings is 2. The third kappa shape index (κ3) is 5.39. The lowest BCUT2D eigenvalue weighted by atomic mass is 10.1. The molecule has 0 aliphatic rings. The summed E-state index contributed by atoms with van der Waals surface area (Å²) in [4.78, 5) is 21.3. The molecule has 160 valence electrons. The molecule has 0 spiro atoms. The lowest BCUT2D eigenvalue weighted by Crippen LogP contribution is -2.20. The summed E-state index contributed by atoms with van der Waals surface area (Å²) in [6.45, 7) is 3.86. The zero-order valence-corrected chi connectivity index (χ0v) is 18.0. The Hall–Kier alpha value is -3.97. The number of rotatable bonds is 9. The number of carbonyl (C=O) groups excluding carboxylic acids is 1. The molecule has 0 aliphatic carbocycles. The van der Waals surface area contributed by atoms with Crippen molar-refractivity contribution >= 4 is 22.9 Å². The van der Waals surface area contributed by atoms with E-state index >= 15 is 0 Å². The van der Waals surface area contributed by atoms with E-state index in [9.17, 15) is 4.79 Å². The van der Waals surface area contributed by atoms with Crippen molar-refractivity contribution in [2.24, 2.45) is 0 Å². The number of aromatic nitrogens is 2. The topological polar surface area (TPSA) is 73.3 Å². The van der Waals surface area contributed by atoms with Gasteiger partial charge in [-0.15, -0.1) is 11.3 Å². The molecule has 0 fully saturated rings. The highest BCUT2D eigenvalue weighted by atomic mass is 32.1. The number of ether oxygens (including phenoxy) is 2. The van der Waals surface area contributed by atoms with Gasteiger partial charge in [-0.1, -0.05) is 36.9 Å². The summed E-state index contributed by atoms with van der Waals surface area (Å²) < 4.78 is 11.2. The first-order chi connectivity index (χ1) is 15.7. The molecule has 4 aromatic rings. The van der Waals surface area contributed by atoms with Gasteiger partial charge in [0.1, 0.15) is 11.6 Å². The molecule has 0 atom stereocenters. The molecular formula is C25H21N3O3S. The maximum atomic E-state index is 12.4. The predicted molar refractivity (Wildman–Crippen MR) is 127 cm³/mol. The number of carbonyl (C=O) groups is 1. The molecule has 2 aromatic heterocycles. The second-order valence-electron chi connectivity index (χ2n) is 6.74. The van der Waals surface area contributed by atoms with Crippen molar-refractivity contribution < 1.29 is 14.3 Å². The summed E-state index contributed by atoms with van der Waals surface area (Å²) in [5, 5.41) is 5.76. The van der Waals surface area contributed by atoms with Crippen LogP contribution >= 0.6 is 11.3 Å². The number of para-hydroxylation sites is 2. The van der Waals surface area contributed by atoms with Gasteiger partial charge in [0.15, 0.2) is 18.1 Å². The Balaban J connectivity index is 1.40. The van der Waals surface area contributed by atoms with Crippen molar-refractivity contribution in [3.05, 3.63) is 91.1 Å². The Morgan fingerprint density at radius 3 is 2.62 bits per heavy atom. The summed E-state index contributed by atoms with van der Waals surface area (Å²) in [7, 11) is 0. The molecule has 1 N–H and O–H groups in total. The molecule has 0 saturated heterocycles. The van der Waals surface area contributed by atoms with Crippen LogP contribution in [0.25, 0.3) is 21.8 Å². The van der Waals surface area contributed by atoms with Crippen LogP contribution in [0.5, 0.6) is 11.5 Å². The van der Waals surface area contributed by atoms with Gasteiger partial charge in [0.25, 0.3) is 5.91 Å². The first kappa shape index (κ1) is 21.3.